The first kappa shape index (κ1) is 15.0. The van der Waals surface area contributed by atoms with Crippen LogP contribution in [0.1, 0.15) is 22.3 Å². The van der Waals surface area contributed by atoms with Crippen LogP contribution >= 0.6 is 23.2 Å². The van der Waals surface area contributed by atoms with Gasteiger partial charge in [-0.25, -0.2) is 5.43 Å². The van der Waals surface area contributed by atoms with Gasteiger partial charge in [-0.2, -0.15) is 5.10 Å². The molecule has 6 heteroatoms. The van der Waals surface area contributed by atoms with E-state index in [0.29, 0.717) is 12.0 Å². The smallest absolute Gasteiger partial charge is 0.267 e. The van der Waals surface area contributed by atoms with Gasteiger partial charge in [0.15, 0.2) is 0 Å². The topological polar surface area (TPSA) is 54.4 Å². The van der Waals surface area contributed by atoms with Gasteiger partial charge < -0.3 is 0 Å². The van der Waals surface area contributed by atoms with Crippen LogP contribution in [0.4, 0.5) is 0 Å². The molecule has 1 amide bonds. The van der Waals surface area contributed by atoms with Crippen molar-refractivity contribution in [3.8, 4) is 0 Å². The fourth-order valence-electron chi connectivity index (χ4n) is 2.34. The minimum atomic E-state index is -0.904. The molecule has 112 valence electrons. The number of nitrogens with zero attached hydrogens (tertiary/aromatic N) is 2. The number of halogens is 2. The Hall–Kier alpha value is -1.91. The van der Waals surface area contributed by atoms with Crippen molar-refractivity contribution in [1.82, 2.24) is 10.4 Å². The molecule has 0 radical (unpaired) electrons. The third-order valence-corrected chi connectivity index (χ3v) is 4.65. The molecule has 3 rings (SSSR count). The molecule has 2 aromatic rings. The lowest BCUT2D eigenvalue weighted by atomic mass is 9.97. The molecular weight excluding hydrogens is 321 g/mol. The minimum absolute atomic E-state index is 0.308. The summed E-state index contributed by atoms with van der Waals surface area (Å²) in [6.07, 6.45) is 5.27. The number of hydrogen-bond donors (Lipinski definition) is 1. The third kappa shape index (κ3) is 2.72. The number of amides is 1. The Labute approximate surface area is 138 Å². The highest BCUT2D eigenvalue weighted by Crippen LogP contribution is 2.63. The number of carbonyl (C=O) groups is 1. The molecule has 1 heterocycles. The van der Waals surface area contributed by atoms with E-state index in [0.717, 1.165) is 5.56 Å². The molecule has 1 atom stereocenters. The highest BCUT2D eigenvalue weighted by molar-refractivity contribution is 6.53. The van der Waals surface area contributed by atoms with Crippen molar-refractivity contribution in [3.05, 3.63) is 66.0 Å². The molecule has 1 aromatic heterocycles. The molecule has 0 bridgehead atoms. The molecule has 1 N–H and O–H groups in total. The SMILES string of the molecule is O=C(N/N=C/C1(c2ccccc2)CC1(Cl)Cl)c1ccncc1. The Bertz CT molecular complexity index is 704. The number of alkyl halides is 2. The molecule has 0 spiro atoms. The molecule has 1 saturated carbocycles. The maximum absolute atomic E-state index is 11.9. The highest BCUT2D eigenvalue weighted by atomic mass is 35.5. The Balaban J connectivity index is 1.75. The zero-order valence-corrected chi connectivity index (χ0v) is 13.1. The van der Waals surface area contributed by atoms with E-state index in [2.05, 4.69) is 15.5 Å². The summed E-state index contributed by atoms with van der Waals surface area (Å²) in [6, 6.07) is 12.9. The van der Waals surface area contributed by atoms with Crippen LogP contribution < -0.4 is 5.43 Å². The summed E-state index contributed by atoms with van der Waals surface area (Å²) in [5.74, 6) is -0.308. The third-order valence-electron chi connectivity index (χ3n) is 3.71. The van der Waals surface area contributed by atoms with E-state index < -0.39 is 9.75 Å². The van der Waals surface area contributed by atoms with Gasteiger partial charge in [0, 0.05) is 24.2 Å². The lowest BCUT2D eigenvalue weighted by Gasteiger charge is -2.13. The van der Waals surface area contributed by atoms with Crippen molar-refractivity contribution >= 4 is 35.3 Å². The maximum Gasteiger partial charge on any atom is 0.271 e. The number of hydrogen-bond acceptors (Lipinski definition) is 3. The van der Waals surface area contributed by atoms with Crippen LogP contribution in [0.25, 0.3) is 0 Å². The molecule has 1 aliphatic rings. The van der Waals surface area contributed by atoms with Crippen molar-refractivity contribution in [1.29, 1.82) is 0 Å². The second kappa shape index (κ2) is 5.71. The van der Waals surface area contributed by atoms with E-state index in [1.165, 1.54) is 0 Å². The largest absolute Gasteiger partial charge is 0.271 e. The Morgan fingerprint density at radius 1 is 1.18 bits per heavy atom. The van der Waals surface area contributed by atoms with Gasteiger partial charge in [0.2, 0.25) is 0 Å². The molecule has 4 nitrogen and oxygen atoms in total. The number of hydrazone groups is 1. The first-order chi connectivity index (χ1) is 10.6. The van der Waals surface area contributed by atoms with Gasteiger partial charge in [-0.1, -0.05) is 30.3 Å². The molecule has 1 aromatic carbocycles. The Kier molecular flexibility index (Phi) is 3.89. The average Bonchev–Trinajstić information content (AvgIpc) is 3.11. The summed E-state index contributed by atoms with van der Waals surface area (Å²) in [6.45, 7) is 0. The molecular formula is C16H13Cl2N3O. The predicted octanol–water partition coefficient (Wildman–Crippen LogP) is 3.31. The fourth-order valence-corrected chi connectivity index (χ4v) is 3.08. The second-order valence-corrected chi connectivity index (χ2v) is 6.64. The van der Waals surface area contributed by atoms with Crippen LogP contribution in [-0.4, -0.2) is 21.4 Å². The number of rotatable bonds is 4. The molecule has 0 aliphatic heterocycles. The lowest BCUT2D eigenvalue weighted by Crippen LogP contribution is -2.22. The quantitative estimate of drug-likeness (QED) is 0.530. The zero-order chi connectivity index (χ0) is 15.6. The number of benzene rings is 1. The standard InChI is InChI=1S/C16H13Cl2N3O/c17-16(18)10-15(16,13-4-2-1-3-5-13)11-20-21-14(22)12-6-8-19-9-7-12/h1-9,11H,10H2,(H,21,22)/b20-11+. The number of pyridine rings is 1. The molecule has 1 unspecified atom stereocenters. The lowest BCUT2D eigenvalue weighted by molar-refractivity contribution is 0.0955. The van der Waals surface area contributed by atoms with Gasteiger partial charge >= 0.3 is 0 Å². The summed E-state index contributed by atoms with van der Waals surface area (Å²) < 4.78 is -0.904. The van der Waals surface area contributed by atoms with E-state index in [9.17, 15) is 4.79 Å². The van der Waals surface area contributed by atoms with E-state index in [4.69, 9.17) is 23.2 Å². The Morgan fingerprint density at radius 3 is 2.41 bits per heavy atom. The number of carbonyl (C=O) groups excluding carboxylic acids is 1. The summed E-state index contributed by atoms with van der Waals surface area (Å²) in [4.78, 5) is 15.8. The first-order valence-corrected chi connectivity index (χ1v) is 7.49. The van der Waals surface area contributed by atoms with Gasteiger partial charge in [-0.3, -0.25) is 9.78 Å². The predicted molar refractivity (Wildman–Crippen MR) is 87.4 cm³/mol. The number of nitrogens with one attached hydrogen (secondary N) is 1. The van der Waals surface area contributed by atoms with Gasteiger partial charge in [0.05, 0.1) is 5.41 Å². The van der Waals surface area contributed by atoms with Crippen molar-refractivity contribution in [3.63, 3.8) is 0 Å². The van der Waals surface area contributed by atoms with Crippen LogP contribution in [0.5, 0.6) is 0 Å². The normalized spacial score (nSPS) is 22.5. The zero-order valence-electron chi connectivity index (χ0n) is 11.5. The van der Waals surface area contributed by atoms with Gasteiger partial charge in [0.25, 0.3) is 5.91 Å². The van der Waals surface area contributed by atoms with Crippen LogP contribution in [-0.2, 0) is 5.41 Å². The van der Waals surface area contributed by atoms with Gasteiger partial charge in [0.1, 0.15) is 4.33 Å². The first-order valence-electron chi connectivity index (χ1n) is 6.73. The van der Waals surface area contributed by atoms with Crippen molar-refractivity contribution in [2.24, 2.45) is 5.10 Å². The monoisotopic (exact) mass is 333 g/mol. The fraction of sp³-hybridized carbons (Fsp3) is 0.188. The van der Waals surface area contributed by atoms with Crippen LogP contribution in [0.15, 0.2) is 60.0 Å². The van der Waals surface area contributed by atoms with Crippen LogP contribution in [0.3, 0.4) is 0 Å². The second-order valence-electron chi connectivity index (χ2n) is 5.15. The number of aromatic nitrogens is 1. The average molecular weight is 334 g/mol. The van der Waals surface area contributed by atoms with Crippen molar-refractivity contribution in [2.45, 2.75) is 16.2 Å². The van der Waals surface area contributed by atoms with Crippen LogP contribution in [0, 0.1) is 0 Å². The van der Waals surface area contributed by atoms with Gasteiger partial charge in [-0.05, 0) is 24.1 Å². The summed E-state index contributed by atoms with van der Waals surface area (Å²) in [5.41, 5.74) is 3.38. The van der Waals surface area contributed by atoms with E-state index >= 15 is 0 Å². The van der Waals surface area contributed by atoms with Crippen molar-refractivity contribution < 1.29 is 4.79 Å². The summed E-state index contributed by atoms with van der Waals surface area (Å²) >= 11 is 12.6. The molecule has 1 aliphatic carbocycles. The summed E-state index contributed by atoms with van der Waals surface area (Å²) in [5, 5.41) is 4.04. The molecule has 22 heavy (non-hydrogen) atoms. The summed E-state index contributed by atoms with van der Waals surface area (Å²) in [7, 11) is 0. The molecule has 1 fully saturated rings. The minimum Gasteiger partial charge on any atom is -0.267 e. The Morgan fingerprint density at radius 2 is 1.82 bits per heavy atom. The van der Waals surface area contributed by atoms with E-state index in [1.807, 2.05) is 30.3 Å². The van der Waals surface area contributed by atoms with E-state index in [-0.39, 0.29) is 5.91 Å². The molecule has 0 saturated heterocycles. The van der Waals surface area contributed by atoms with Crippen molar-refractivity contribution in [2.75, 3.05) is 0 Å². The van der Waals surface area contributed by atoms with Gasteiger partial charge in [-0.15, -0.1) is 23.2 Å². The highest BCUT2D eigenvalue weighted by Gasteiger charge is 2.66. The maximum atomic E-state index is 11.9. The van der Waals surface area contributed by atoms with E-state index in [1.54, 1.807) is 30.7 Å². The van der Waals surface area contributed by atoms with Crippen LogP contribution in [0.2, 0.25) is 0 Å².